The van der Waals surface area contributed by atoms with E-state index in [2.05, 4.69) is 0 Å². The van der Waals surface area contributed by atoms with Gasteiger partial charge >= 0.3 is 0 Å². The fraction of sp³-hybridized carbons (Fsp3) is 0. The molecule has 0 amide bonds. The third kappa shape index (κ3) is 2.07. The van der Waals surface area contributed by atoms with Gasteiger partial charge in [-0.1, -0.05) is 0 Å². The van der Waals surface area contributed by atoms with Crippen LogP contribution in [0.15, 0.2) is 23.1 Å². The molecule has 5 nitrogen and oxygen atoms in total. The largest absolute Gasteiger partial charge is 0.294 e. The van der Waals surface area contributed by atoms with Crippen molar-refractivity contribution in [2.45, 2.75) is 4.90 Å². The summed E-state index contributed by atoms with van der Waals surface area (Å²) in [5.74, 6) is 0. The predicted molar refractivity (Wildman–Crippen MR) is 45.7 cm³/mol. The monoisotopic (exact) mass is 208 g/mol. The normalized spacial score (nSPS) is 10.2. The first-order valence-corrected chi connectivity index (χ1v) is 4.84. The molecule has 0 saturated heterocycles. The van der Waals surface area contributed by atoms with Crippen molar-refractivity contribution in [3.63, 3.8) is 0 Å². The van der Waals surface area contributed by atoms with Gasteiger partial charge in [-0.15, -0.1) is 0 Å². The Morgan fingerprint density at radius 2 is 1.50 bits per heavy atom. The maximum atomic E-state index is 10.7. The second-order valence-corrected chi connectivity index (χ2v) is 3.87. The van der Waals surface area contributed by atoms with Crippen LogP contribution < -0.4 is 0 Å². The minimum atomic E-state index is -4.37. The molecule has 0 spiro atoms. The Labute approximate surface area is 80.6 Å². The highest BCUT2D eigenvalue weighted by Gasteiger charge is 2.11. The van der Waals surface area contributed by atoms with Crippen LogP contribution in [0.4, 0.5) is 0 Å². The highest BCUT2D eigenvalue weighted by molar-refractivity contribution is 7.85. The number of hydrogen-bond acceptors (Lipinski definition) is 4. The maximum absolute atomic E-state index is 10.7. The number of benzene rings is 1. The number of nitrogens with zero attached hydrogens (tertiary/aromatic N) is 2. The molecule has 1 aromatic carbocycles. The molecule has 1 rings (SSSR count). The van der Waals surface area contributed by atoms with Crippen LogP contribution in [0.25, 0.3) is 0 Å². The fourth-order valence-corrected chi connectivity index (χ4v) is 1.43. The summed E-state index contributed by atoms with van der Waals surface area (Å²) in [7, 11) is -4.37. The summed E-state index contributed by atoms with van der Waals surface area (Å²) in [6.45, 7) is 0. The maximum Gasteiger partial charge on any atom is 0.294 e. The number of rotatable bonds is 1. The van der Waals surface area contributed by atoms with Gasteiger partial charge in [0.1, 0.15) is 0 Å². The molecule has 0 aromatic heterocycles. The van der Waals surface area contributed by atoms with Gasteiger partial charge in [0.05, 0.1) is 28.2 Å². The van der Waals surface area contributed by atoms with Crippen LogP contribution in [-0.4, -0.2) is 13.0 Å². The summed E-state index contributed by atoms with van der Waals surface area (Å²) in [6.07, 6.45) is 0. The lowest BCUT2D eigenvalue weighted by molar-refractivity contribution is 0.483. The Kier molecular flexibility index (Phi) is 2.52. The minimum absolute atomic E-state index is 0.0108. The van der Waals surface area contributed by atoms with Crippen molar-refractivity contribution in [1.29, 1.82) is 10.5 Å². The molecule has 0 heterocycles. The molecule has 14 heavy (non-hydrogen) atoms. The highest BCUT2D eigenvalue weighted by Crippen LogP contribution is 2.13. The first-order chi connectivity index (χ1) is 6.47. The van der Waals surface area contributed by atoms with Crippen molar-refractivity contribution in [3.8, 4) is 12.1 Å². The van der Waals surface area contributed by atoms with Crippen LogP contribution in [0.3, 0.4) is 0 Å². The van der Waals surface area contributed by atoms with E-state index >= 15 is 0 Å². The summed E-state index contributed by atoms with van der Waals surface area (Å²) >= 11 is 0. The molecule has 0 radical (unpaired) electrons. The number of hydrogen-bond donors (Lipinski definition) is 1. The highest BCUT2D eigenvalue weighted by atomic mass is 32.2. The van der Waals surface area contributed by atoms with Crippen molar-refractivity contribution in [2.24, 2.45) is 0 Å². The topological polar surface area (TPSA) is 102 Å². The minimum Gasteiger partial charge on any atom is -0.282 e. The van der Waals surface area contributed by atoms with Gasteiger partial charge in [-0.3, -0.25) is 4.55 Å². The Bertz CT molecular complexity index is 517. The fourth-order valence-electron chi connectivity index (χ4n) is 0.877. The van der Waals surface area contributed by atoms with Crippen molar-refractivity contribution in [1.82, 2.24) is 0 Å². The van der Waals surface area contributed by atoms with Crippen LogP contribution in [0, 0.1) is 22.7 Å². The molecule has 70 valence electrons. The molecule has 0 unspecified atom stereocenters. The molecule has 0 aliphatic rings. The van der Waals surface area contributed by atoms with Gasteiger partial charge in [0.2, 0.25) is 0 Å². The molecule has 0 fully saturated rings. The van der Waals surface area contributed by atoms with Crippen molar-refractivity contribution < 1.29 is 13.0 Å². The van der Waals surface area contributed by atoms with E-state index in [0.717, 1.165) is 12.1 Å². The molecule has 0 aliphatic heterocycles. The summed E-state index contributed by atoms with van der Waals surface area (Å²) in [4.78, 5) is -0.451. The Morgan fingerprint density at radius 3 is 1.79 bits per heavy atom. The average molecular weight is 208 g/mol. The molecule has 0 saturated carbocycles. The van der Waals surface area contributed by atoms with Crippen LogP contribution in [0.5, 0.6) is 0 Å². The van der Waals surface area contributed by atoms with E-state index in [4.69, 9.17) is 15.1 Å². The van der Waals surface area contributed by atoms with Gasteiger partial charge in [0.15, 0.2) is 0 Å². The van der Waals surface area contributed by atoms with E-state index in [1.54, 1.807) is 12.1 Å². The zero-order valence-corrected chi connectivity index (χ0v) is 7.61. The molecule has 1 aromatic rings. The van der Waals surface area contributed by atoms with Gasteiger partial charge in [-0.2, -0.15) is 18.9 Å². The van der Waals surface area contributed by atoms with E-state index in [0.29, 0.717) is 0 Å². The summed E-state index contributed by atoms with van der Waals surface area (Å²) in [5, 5.41) is 17.0. The Morgan fingerprint density at radius 1 is 1.07 bits per heavy atom. The van der Waals surface area contributed by atoms with Crippen molar-refractivity contribution >= 4 is 10.1 Å². The second kappa shape index (κ2) is 3.46. The number of nitriles is 2. The van der Waals surface area contributed by atoms with E-state index in [1.165, 1.54) is 6.07 Å². The van der Waals surface area contributed by atoms with Gasteiger partial charge in [-0.05, 0) is 18.2 Å². The van der Waals surface area contributed by atoms with Gasteiger partial charge in [0, 0.05) is 0 Å². The molecule has 6 heteroatoms. The summed E-state index contributed by atoms with van der Waals surface area (Å²) in [5.41, 5.74) is 0.0216. The smallest absolute Gasteiger partial charge is 0.282 e. The van der Waals surface area contributed by atoms with Gasteiger partial charge in [-0.25, -0.2) is 0 Å². The standard InChI is InChI=1S/C8H4N2O3S/c9-4-6-1-7(5-10)3-8(2-6)14(11,12)13/h1-3H,(H,11,12,13). The molecule has 0 bridgehead atoms. The lowest BCUT2D eigenvalue weighted by atomic mass is 10.1. The van der Waals surface area contributed by atoms with Crippen molar-refractivity contribution in [2.75, 3.05) is 0 Å². The van der Waals surface area contributed by atoms with E-state index < -0.39 is 15.0 Å². The van der Waals surface area contributed by atoms with E-state index in [1.807, 2.05) is 0 Å². The third-order valence-electron chi connectivity index (χ3n) is 1.46. The van der Waals surface area contributed by atoms with Crippen LogP contribution in [-0.2, 0) is 10.1 Å². The quantitative estimate of drug-likeness (QED) is 0.683. The van der Waals surface area contributed by atoms with E-state index in [9.17, 15) is 8.42 Å². The lowest BCUT2D eigenvalue weighted by Gasteiger charge is -1.97. The zero-order chi connectivity index (χ0) is 10.8. The summed E-state index contributed by atoms with van der Waals surface area (Å²) < 4.78 is 30.1. The average Bonchev–Trinajstić information content (AvgIpc) is 2.15. The van der Waals surface area contributed by atoms with Gasteiger partial charge < -0.3 is 0 Å². The zero-order valence-electron chi connectivity index (χ0n) is 6.80. The third-order valence-corrected chi connectivity index (χ3v) is 2.29. The second-order valence-electron chi connectivity index (χ2n) is 2.44. The van der Waals surface area contributed by atoms with Crippen molar-refractivity contribution in [3.05, 3.63) is 29.3 Å². The van der Waals surface area contributed by atoms with Gasteiger partial charge in [0.25, 0.3) is 10.1 Å². The molecular formula is C8H4N2O3S. The molecular weight excluding hydrogens is 204 g/mol. The predicted octanol–water partition coefficient (Wildman–Crippen LogP) is 0.677. The van der Waals surface area contributed by atoms with Crippen LogP contribution in [0.2, 0.25) is 0 Å². The molecule has 1 N–H and O–H groups in total. The lowest BCUT2D eigenvalue weighted by Crippen LogP contribution is -1.99. The van der Waals surface area contributed by atoms with Crippen LogP contribution >= 0.6 is 0 Å². The summed E-state index contributed by atoms with van der Waals surface area (Å²) in [6, 6.07) is 6.60. The first-order valence-electron chi connectivity index (χ1n) is 3.40. The molecule has 0 aliphatic carbocycles. The molecule has 0 atom stereocenters. The van der Waals surface area contributed by atoms with Crippen LogP contribution in [0.1, 0.15) is 11.1 Å². The SMILES string of the molecule is N#Cc1cc(C#N)cc(S(=O)(=O)O)c1. The first kappa shape index (κ1) is 10.2. The Hall–Kier alpha value is -1.89. The Balaban J connectivity index is 3.51. The van der Waals surface area contributed by atoms with E-state index in [-0.39, 0.29) is 11.1 Å².